The third-order valence-corrected chi connectivity index (χ3v) is 4.57. The van der Waals surface area contributed by atoms with Crippen LogP contribution in [0.2, 0.25) is 5.02 Å². The van der Waals surface area contributed by atoms with Gasteiger partial charge in [0.25, 0.3) is 0 Å². The van der Waals surface area contributed by atoms with Crippen LogP contribution in [0.15, 0.2) is 48.5 Å². The Bertz CT molecular complexity index is 700. The molecule has 1 atom stereocenters. The van der Waals surface area contributed by atoms with Crippen molar-refractivity contribution < 1.29 is 4.79 Å². The van der Waals surface area contributed by atoms with E-state index in [0.29, 0.717) is 11.6 Å². The molecule has 2 aromatic carbocycles. The molecule has 0 heterocycles. The lowest BCUT2D eigenvalue weighted by Crippen LogP contribution is -2.36. The van der Waals surface area contributed by atoms with E-state index in [2.05, 4.69) is 34.5 Å². The number of anilines is 1. The molecular formula is C20H26ClN3O. The lowest BCUT2D eigenvalue weighted by atomic mass is 10.1. The minimum atomic E-state index is 0.0189. The van der Waals surface area contributed by atoms with Gasteiger partial charge in [-0.2, -0.15) is 0 Å². The third kappa shape index (κ3) is 5.48. The van der Waals surface area contributed by atoms with Gasteiger partial charge in [-0.1, -0.05) is 41.9 Å². The summed E-state index contributed by atoms with van der Waals surface area (Å²) in [5.74, 6) is 0.0515. The zero-order chi connectivity index (χ0) is 18.4. The van der Waals surface area contributed by atoms with Gasteiger partial charge in [0.05, 0.1) is 6.54 Å². The highest BCUT2D eigenvalue weighted by atomic mass is 35.5. The van der Waals surface area contributed by atoms with Crippen LogP contribution < -0.4 is 10.2 Å². The van der Waals surface area contributed by atoms with Crippen LogP contribution in [0.3, 0.4) is 0 Å². The molecule has 0 aromatic heterocycles. The molecule has 5 heteroatoms. The van der Waals surface area contributed by atoms with E-state index in [1.807, 2.05) is 52.3 Å². The van der Waals surface area contributed by atoms with Crippen LogP contribution in [0.1, 0.15) is 24.1 Å². The number of nitrogens with one attached hydrogen (secondary N) is 1. The van der Waals surface area contributed by atoms with Crippen LogP contribution in [0.5, 0.6) is 0 Å². The first-order valence-corrected chi connectivity index (χ1v) is 8.74. The van der Waals surface area contributed by atoms with E-state index in [1.165, 1.54) is 0 Å². The number of halogens is 1. The van der Waals surface area contributed by atoms with E-state index in [-0.39, 0.29) is 18.5 Å². The van der Waals surface area contributed by atoms with Crippen molar-refractivity contribution in [1.82, 2.24) is 10.2 Å². The molecule has 0 aliphatic heterocycles. The van der Waals surface area contributed by atoms with E-state index in [0.717, 1.165) is 16.8 Å². The minimum absolute atomic E-state index is 0.0189. The molecule has 0 aliphatic carbocycles. The molecule has 0 saturated carbocycles. The van der Waals surface area contributed by atoms with Crippen LogP contribution in [0.4, 0.5) is 5.69 Å². The second-order valence-electron chi connectivity index (χ2n) is 6.43. The summed E-state index contributed by atoms with van der Waals surface area (Å²) >= 11 is 6.20. The Kier molecular flexibility index (Phi) is 6.85. The number of rotatable bonds is 7. The summed E-state index contributed by atoms with van der Waals surface area (Å²) in [4.78, 5) is 16.2. The van der Waals surface area contributed by atoms with E-state index in [9.17, 15) is 4.79 Å². The SMILES string of the molecule is C[C@@H](NCC(=O)N(C)Cc1ccc(N(C)C)cc1)c1ccccc1Cl. The van der Waals surface area contributed by atoms with Crippen LogP contribution in [0.25, 0.3) is 0 Å². The van der Waals surface area contributed by atoms with E-state index in [4.69, 9.17) is 11.6 Å². The van der Waals surface area contributed by atoms with E-state index < -0.39 is 0 Å². The lowest BCUT2D eigenvalue weighted by molar-refractivity contribution is -0.129. The zero-order valence-corrected chi connectivity index (χ0v) is 16.0. The monoisotopic (exact) mass is 359 g/mol. The second kappa shape index (κ2) is 8.88. The average molecular weight is 360 g/mol. The van der Waals surface area contributed by atoms with Crippen LogP contribution in [0, 0.1) is 0 Å². The predicted molar refractivity (Wildman–Crippen MR) is 105 cm³/mol. The van der Waals surface area contributed by atoms with Gasteiger partial charge in [0.15, 0.2) is 0 Å². The van der Waals surface area contributed by atoms with Crippen molar-refractivity contribution in [2.45, 2.75) is 19.5 Å². The molecule has 0 unspecified atom stereocenters. The Balaban J connectivity index is 1.86. The highest BCUT2D eigenvalue weighted by Crippen LogP contribution is 2.22. The van der Waals surface area contributed by atoms with Crippen molar-refractivity contribution in [3.8, 4) is 0 Å². The first-order chi connectivity index (χ1) is 11.9. The van der Waals surface area contributed by atoms with Gasteiger partial charge >= 0.3 is 0 Å². The van der Waals surface area contributed by atoms with Gasteiger partial charge in [-0.05, 0) is 36.2 Å². The summed E-state index contributed by atoms with van der Waals surface area (Å²) < 4.78 is 0. The van der Waals surface area contributed by atoms with Gasteiger partial charge in [-0.25, -0.2) is 0 Å². The molecule has 134 valence electrons. The van der Waals surface area contributed by atoms with Gasteiger partial charge in [-0.3, -0.25) is 4.79 Å². The summed E-state index contributed by atoms with van der Waals surface area (Å²) in [6, 6.07) is 15.9. The van der Waals surface area contributed by atoms with Gasteiger partial charge in [0.2, 0.25) is 5.91 Å². The first-order valence-electron chi connectivity index (χ1n) is 8.36. The van der Waals surface area contributed by atoms with E-state index >= 15 is 0 Å². The molecule has 1 amide bonds. The zero-order valence-electron chi connectivity index (χ0n) is 15.3. The Morgan fingerprint density at radius 2 is 1.72 bits per heavy atom. The molecule has 1 N–H and O–H groups in total. The molecule has 0 spiro atoms. The van der Waals surface area contributed by atoms with Gasteiger partial charge in [0, 0.05) is 44.4 Å². The standard InChI is InChI=1S/C20H26ClN3O/c1-15(18-7-5-6-8-19(18)21)22-13-20(25)24(4)14-16-9-11-17(12-10-16)23(2)3/h5-12,15,22H,13-14H2,1-4H3/t15-/m1/s1. The van der Waals surface area contributed by atoms with Crippen molar-refractivity contribution in [3.63, 3.8) is 0 Å². The summed E-state index contributed by atoms with van der Waals surface area (Å²) in [6.07, 6.45) is 0. The number of hydrogen-bond donors (Lipinski definition) is 1. The molecule has 0 saturated heterocycles. The molecule has 0 aliphatic rings. The minimum Gasteiger partial charge on any atom is -0.378 e. The Labute approximate surface area is 155 Å². The molecule has 25 heavy (non-hydrogen) atoms. The first kappa shape index (κ1) is 19.3. The number of likely N-dealkylation sites (N-methyl/N-ethyl adjacent to an activating group) is 1. The molecule has 2 aromatic rings. The average Bonchev–Trinajstić information content (AvgIpc) is 2.60. The Hall–Kier alpha value is -2.04. The van der Waals surface area contributed by atoms with Crippen molar-refractivity contribution in [2.24, 2.45) is 0 Å². The Morgan fingerprint density at radius 3 is 2.32 bits per heavy atom. The topological polar surface area (TPSA) is 35.6 Å². The largest absolute Gasteiger partial charge is 0.378 e. The highest BCUT2D eigenvalue weighted by molar-refractivity contribution is 6.31. The fourth-order valence-corrected chi connectivity index (χ4v) is 2.87. The Morgan fingerprint density at radius 1 is 1.08 bits per heavy atom. The number of carbonyl (C=O) groups is 1. The molecule has 0 fully saturated rings. The molecule has 4 nitrogen and oxygen atoms in total. The molecule has 2 rings (SSSR count). The number of benzene rings is 2. The quantitative estimate of drug-likeness (QED) is 0.818. The maximum atomic E-state index is 12.4. The number of hydrogen-bond acceptors (Lipinski definition) is 3. The van der Waals surface area contributed by atoms with Crippen LogP contribution >= 0.6 is 11.6 Å². The van der Waals surface area contributed by atoms with Crippen molar-refractivity contribution in [3.05, 3.63) is 64.7 Å². The van der Waals surface area contributed by atoms with Crippen molar-refractivity contribution in [2.75, 3.05) is 32.6 Å². The van der Waals surface area contributed by atoms with Crippen LogP contribution in [-0.2, 0) is 11.3 Å². The molecular weight excluding hydrogens is 334 g/mol. The summed E-state index contributed by atoms with van der Waals surface area (Å²) in [5, 5.41) is 3.96. The van der Waals surface area contributed by atoms with E-state index in [1.54, 1.807) is 4.90 Å². The normalized spacial score (nSPS) is 11.9. The van der Waals surface area contributed by atoms with Gasteiger partial charge in [-0.15, -0.1) is 0 Å². The number of carbonyl (C=O) groups excluding carboxylic acids is 1. The maximum Gasteiger partial charge on any atom is 0.236 e. The molecule has 0 radical (unpaired) electrons. The van der Waals surface area contributed by atoms with Crippen molar-refractivity contribution in [1.29, 1.82) is 0 Å². The fourth-order valence-electron chi connectivity index (χ4n) is 2.57. The summed E-state index contributed by atoms with van der Waals surface area (Å²) in [6.45, 7) is 2.88. The summed E-state index contributed by atoms with van der Waals surface area (Å²) in [7, 11) is 5.84. The summed E-state index contributed by atoms with van der Waals surface area (Å²) in [5.41, 5.74) is 3.26. The van der Waals surface area contributed by atoms with Crippen molar-refractivity contribution >= 4 is 23.2 Å². The fraction of sp³-hybridized carbons (Fsp3) is 0.350. The van der Waals surface area contributed by atoms with Gasteiger partial charge < -0.3 is 15.1 Å². The van der Waals surface area contributed by atoms with Gasteiger partial charge in [0.1, 0.15) is 0 Å². The van der Waals surface area contributed by atoms with Crippen LogP contribution in [-0.4, -0.2) is 38.5 Å². The number of amides is 1. The lowest BCUT2D eigenvalue weighted by Gasteiger charge is -2.21. The molecule has 0 bridgehead atoms. The third-order valence-electron chi connectivity index (χ3n) is 4.23. The number of nitrogens with zero attached hydrogens (tertiary/aromatic N) is 2. The highest BCUT2D eigenvalue weighted by Gasteiger charge is 2.13. The predicted octanol–water partition coefficient (Wildman–Crippen LogP) is 3.72. The maximum absolute atomic E-state index is 12.4. The smallest absolute Gasteiger partial charge is 0.236 e. The second-order valence-corrected chi connectivity index (χ2v) is 6.84.